The second-order valence-corrected chi connectivity index (χ2v) is 4.19. The van der Waals surface area contributed by atoms with Crippen molar-refractivity contribution in [2.24, 2.45) is 0 Å². The summed E-state index contributed by atoms with van der Waals surface area (Å²) in [5, 5.41) is 10.8. The zero-order chi connectivity index (χ0) is 17.7. The average Bonchev–Trinajstić information content (AvgIpc) is 2.52. The van der Waals surface area contributed by atoms with Gasteiger partial charge in [-0.05, 0) is 11.1 Å². The van der Waals surface area contributed by atoms with Crippen LogP contribution in [0.4, 0.5) is 17.6 Å². The molecule has 1 amide bonds. The fourth-order valence-corrected chi connectivity index (χ4v) is 1.36. The smallest absolute Gasteiger partial charge is 0.330 e. The van der Waals surface area contributed by atoms with Crippen molar-refractivity contribution in [3.63, 3.8) is 0 Å². The molecule has 1 rings (SSSR count). The number of nitrogens with zero attached hydrogens (tertiary/aromatic N) is 1. The summed E-state index contributed by atoms with van der Waals surface area (Å²) in [7, 11) is 0.941. The van der Waals surface area contributed by atoms with E-state index in [9.17, 15) is 22.4 Å². The first-order valence-corrected chi connectivity index (χ1v) is 6.28. The van der Waals surface area contributed by atoms with Crippen molar-refractivity contribution < 1.29 is 31.8 Å². The lowest BCUT2D eigenvalue weighted by Gasteiger charge is -2.12. The molecule has 128 valence electrons. The summed E-state index contributed by atoms with van der Waals surface area (Å²) in [5.74, 6) is -4.01. The molecule has 1 aromatic carbocycles. The van der Waals surface area contributed by atoms with Gasteiger partial charge in [0, 0.05) is 13.7 Å². The summed E-state index contributed by atoms with van der Waals surface area (Å²) in [6, 6.07) is 7.50. The first kappa shape index (κ1) is 20.7. The van der Waals surface area contributed by atoms with Crippen LogP contribution in [-0.2, 0) is 27.4 Å². The predicted octanol–water partition coefficient (Wildman–Crippen LogP) is 2.46. The van der Waals surface area contributed by atoms with Crippen LogP contribution in [0.2, 0.25) is 0 Å². The van der Waals surface area contributed by atoms with Gasteiger partial charge >= 0.3 is 12.3 Å². The summed E-state index contributed by atoms with van der Waals surface area (Å²) >= 11 is 0. The Hall–Kier alpha value is -2.34. The fourth-order valence-electron chi connectivity index (χ4n) is 1.36. The van der Waals surface area contributed by atoms with E-state index in [4.69, 9.17) is 5.26 Å². The Kier molecular flexibility index (Phi) is 10.1. The number of benzene rings is 1. The van der Waals surface area contributed by atoms with E-state index in [0.717, 1.165) is 18.2 Å². The van der Waals surface area contributed by atoms with Gasteiger partial charge in [-0.15, -0.1) is 0 Å². The Morgan fingerprint density at radius 2 is 2.04 bits per heavy atom. The molecule has 0 unspecified atom stereocenters. The normalized spacial score (nSPS) is 10.3. The molecule has 0 fully saturated rings. The lowest BCUT2D eigenvalue weighted by molar-refractivity contribution is -0.159. The number of carbonyl (C=O) groups excluding carboxylic acids is 1. The van der Waals surface area contributed by atoms with E-state index in [1.807, 2.05) is 24.3 Å². The van der Waals surface area contributed by atoms with E-state index in [1.54, 1.807) is 6.26 Å². The van der Waals surface area contributed by atoms with Crippen molar-refractivity contribution in [2.75, 3.05) is 13.7 Å². The third-order valence-electron chi connectivity index (χ3n) is 2.34. The summed E-state index contributed by atoms with van der Waals surface area (Å²) < 4.78 is 54.1. The number of hydrogen-bond acceptors (Lipinski definition) is 4. The number of hydrogen-bond donors (Lipinski definition) is 1. The van der Waals surface area contributed by atoms with Crippen LogP contribution < -0.4 is 5.32 Å². The van der Waals surface area contributed by atoms with Gasteiger partial charge in [-0.3, -0.25) is 4.79 Å². The van der Waals surface area contributed by atoms with Gasteiger partial charge in [-0.1, -0.05) is 24.3 Å². The molecule has 23 heavy (non-hydrogen) atoms. The van der Waals surface area contributed by atoms with Gasteiger partial charge in [0.1, 0.15) is 13.2 Å². The maximum Gasteiger partial charge on any atom is 0.330 e. The van der Waals surface area contributed by atoms with Crippen LogP contribution in [0, 0.1) is 11.5 Å². The number of amides is 1. The third-order valence-corrected chi connectivity index (χ3v) is 2.34. The van der Waals surface area contributed by atoms with Gasteiger partial charge < -0.3 is 14.8 Å². The number of nitrogens with one attached hydrogen (secondary N) is 1. The molecule has 1 N–H and O–H groups in total. The molecule has 0 spiro atoms. The van der Waals surface area contributed by atoms with Crippen LogP contribution >= 0.6 is 0 Å². The minimum absolute atomic E-state index is 0.269. The van der Waals surface area contributed by atoms with Gasteiger partial charge in [-0.2, -0.15) is 14.0 Å². The molecule has 0 bridgehead atoms. The highest BCUT2D eigenvalue weighted by atomic mass is 19.3. The van der Waals surface area contributed by atoms with E-state index in [1.165, 1.54) is 0 Å². The molecular formula is C14H16F4N2O3. The number of halogens is 4. The van der Waals surface area contributed by atoms with Gasteiger partial charge in [0.15, 0.2) is 0 Å². The first-order valence-electron chi connectivity index (χ1n) is 6.28. The molecule has 0 radical (unpaired) electrons. The number of methoxy groups -OCH3 is 1. The Balaban J connectivity index is 0.000000468. The Morgan fingerprint density at radius 3 is 2.52 bits per heavy atom. The SMILES string of the molecule is COCC(F)(F)C(F)F.N#COCc1cccc(CNC=O)c1. The maximum atomic E-state index is 11.7. The highest BCUT2D eigenvalue weighted by Crippen LogP contribution is 2.22. The maximum absolute atomic E-state index is 11.7. The highest BCUT2D eigenvalue weighted by Gasteiger charge is 2.40. The number of rotatable bonds is 8. The molecule has 0 aliphatic carbocycles. The van der Waals surface area contributed by atoms with Crippen molar-refractivity contribution in [1.29, 1.82) is 5.26 Å². The Bertz CT molecular complexity index is 507. The van der Waals surface area contributed by atoms with Gasteiger partial charge in [-0.25, -0.2) is 8.78 Å². The summed E-state index contributed by atoms with van der Waals surface area (Å²) in [5.41, 5.74) is 1.90. The zero-order valence-corrected chi connectivity index (χ0v) is 12.3. The minimum atomic E-state index is -4.01. The minimum Gasteiger partial charge on any atom is -0.423 e. The molecule has 0 aliphatic heterocycles. The number of alkyl halides is 4. The third kappa shape index (κ3) is 9.31. The van der Waals surface area contributed by atoms with Crippen LogP contribution in [0.5, 0.6) is 0 Å². The predicted molar refractivity (Wildman–Crippen MR) is 72.6 cm³/mol. The quantitative estimate of drug-likeness (QED) is 0.450. The molecule has 0 aromatic heterocycles. The molecule has 0 heterocycles. The summed E-state index contributed by atoms with van der Waals surface area (Å²) in [6.07, 6.45) is -1.38. The molecule has 5 nitrogen and oxygen atoms in total. The molecular weight excluding hydrogens is 320 g/mol. The van der Waals surface area contributed by atoms with Gasteiger partial charge in [0.05, 0.1) is 0 Å². The standard InChI is InChI=1S/C10H10N2O2.C4H6F4O/c11-7-14-6-10-3-1-2-9(4-10)5-12-8-13;1-9-2-4(7,8)3(5)6/h1-4,8H,5-6H2,(H,12,13);3H,2H2,1H3. The van der Waals surface area contributed by atoms with E-state index >= 15 is 0 Å². The molecule has 0 atom stereocenters. The Labute approximate surface area is 130 Å². The van der Waals surface area contributed by atoms with Crippen LogP contribution in [0.3, 0.4) is 0 Å². The monoisotopic (exact) mass is 336 g/mol. The van der Waals surface area contributed by atoms with E-state index in [0.29, 0.717) is 13.0 Å². The average molecular weight is 336 g/mol. The second kappa shape index (κ2) is 11.3. The topological polar surface area (TPSA) is 71.3 Å². The lowest BCUT2D eigenvalue weighted by atomic mass is 10.1. The van der Waals surface area contributed by atoms with Crippen LogP contribution in [0.15, 0.2) is 24.3 Å². The van der Waals surface area contributed by atoms with Crippen molar-refractivity contribution in [2.45, 2.75) is 25.5 Å². The highest BCUT2D eigenvalue weighted by molar-refractivity contribution is 5.46. The zero-order valence-electron chi connectivity index (χ0n) is 12.3. The Morgan fingerprint density at radius 1 is 1.39 bits per heavy atom. The molecule has 0 saturated heterocycles. The fraction of sp³-hybridized carbons (Fsp3) is 0.429. The summed E-state index contributed by atoms with van der Waals surface area (Å²) in [4.78, 5) is 10.1. The van der Waals surface area contributed by atoms with Crippen LogP contribution in [-0.4, -0.2) is 32.5 Å². The lowest BCUT2D eigenvalue weighted by Crippen LogP contribution is -2.31. The van der Waals surface area contributed by atoms with Crippen molar-refractivity contribution >= 4 is 6.41 Å². The number of carbonyl (C=O) groups is 1. The van der Waals surface area contributed by atoms with Crippen LogP contribution in [0.25, 0.3) is 0 Å². The number of nitriles is 1. The molecule has 9 heteroatoms. The van der Waals surface area contributed by atoms with E-state index in [-0.39, 0.29) is 6.61 Å². The molecule has 0 aliphatic rings. The molecule has 1 aromatic rings. The van der Waals surface area contributed by atoms with Crippen molar-refractivity contribution in [3.05, 3.63) is 35.4 Å². The largest absolute Gasteiger partial charge is 0.423 e. The van der Waals surface area contributed by atoms with E-state index < -0.39 is 19.0 Å². The van der Waals surface area contributed by atoms with Crippen molar-refractivity contribution in [3.8, 4) is 6.26 Å². The molecule has 0 saturated carbocycles. The first-order chi connectivity index (χ1) is 10.9. The van der Waals surface area contributed by atoms with Gasteiger partial charge in [0.25, 0.3) is 6.26 Å². The van der Waals surface area contributed by atoms with E-state index in [2.05, 4.69) is 14.8 Å². The van der Waals surface area contributed by atoms with Crippen LogP contribution in [0.1, 0.15) is 11.1 Å². The number of ether oxygens (including phenoxy) is 2. The van der Waals surface area contributed by atoms with Gasteiger partial charge in [0.2, 0.25) is 6.41 Å². The second-order valence-electron chi connectivity index (χ2n) is 4.19. The van der Waals surface area contributed by atoms with Crippen molar-refractivity contribution in [1.82, 2.24) is 5.32 Å². The summed E-state index contributed by atoms with van der Waals surface area (Å²) in [6.45, 7) is -0.472.